The first-order chi connectivity index (χ1) is 28.3. The average Bonchev–Trinajstić information content (AvgIpc) is 3.95. The summed E-state index contributed by atoms with van der Waals surface area (Å²) >= 11 is 0. The topological polar surface area (TPSA) is 48.8 Å². The summed E-state index contributed by atoms with van der Waals surface area (Å²) in [7, 11) is 0. The average molecular weight is 729 g/mol. The van der Waals surface area contributed by atoms with Gasteiger partial charge in [0.05, 0.1) is 33.3 Å². The minimum Gasteiger partial charge on any atom is -0.455 e. The third-order valence-electron chi connectivity index (χ3n) is 11.3. The standard InChI is InChI=1S/C52H32N4O/c1-3-15-33(16-4-1)35-19-13-20-36(31-35)55-45-26-10-7-21-37(45)40-29-30-41-38-22-8-11-27-46(38)56(50(41)49(40)55)48-32-44(34-17-5-2-6-18-34)53-52(54-48)43-25-14-24-42-39-23-9-12-28-47(39)57-51(42)43/h1-32H. The van der Waals surface area contributed by atoms with Crippen LogP contribution in [-0.2, 0) is 0 Å². The summed E-state index contributed by atoms with van der Waals surface area (Å²) < 4.78 is 11.3. The second kappa shape index (κ2) is 12.4. The second-order valence-corrected chi connectivity index (χ2v) is 14.6. The first-order valence-electron chi connectivity index (χ1n) is 19.3. The minimum absolute atomic E-state index is 0.602. The van der Waals surface area contributed by atoms with E-state index in [1.54, 1.807) is 0 Å². The molecule has 57 heavy (non-hydrogen) atoms. The van der Waals surface area contributed by atoms with Crippen molar-refractivity contribution in [2.45, 2.75) is 0 Å². The highest BCUT2D eigenvalue weighted by Gasteiger charge is 2.24. The zero-order valence-electron chi connectivity index (χ0n) is 30.7. The van der Waals surface area contributed by atoms with Crippen molar-refractivity contribution in [2.75, 3.05) is 0 Å². The van der Waals surface area contributed by atoms with Crippen molar-refractivity contribution >= 4 is 65.6 Å². The SMILES string of the molecule is c1ccc(-c2cccc(-n3c4ccccc4c4ccc5c6ccccc6n(-c6cc(-c7ccccc7)nc(-c7cccc8c7oc7ccccc78)n6)c5c43)c2)cc1. The Bertz CT molecular complexity index is 3520. The van der Waals surface area contributed by atoms with E-state index in [0.717, 1.165) is 83.1 Å². The maximum atomic E-state index is 6.56. The molecule has 5 nitrogen and oxygen atoms in total. The molecule has 4 heterocycles. The molecular formula is C52H32N4O. The maximum absolute atomic E-state index is 6.56. The first kappa shape index (κ1) is 31.6. The fraction of sp³-hybridized carbons (Fsp3) is 0. The van der Waals surface area contributed by atoms with E-state index in [1.165, 1.54) is 21.9 Å². The summed E-state index contributed by atoms with van der Waals surface area (Å²) in [6.07, 6.45) is 0. The second-order valence-electron chi connectivity index (χ2n) is 14.6. The van der Waals surface area contributed by atoms with Crippen LogP contribution in [0.5, 0.6) is 0 Å². The lowest BCUT2D eigenvalue weighted by molar-refractivity contribution is 0.669. The van der Waals surface area contributed by atoms with Gasteiger partial charge in [0.25, 0.3) is 0 Å². The minimum atomic E-state index is 0.602. The number of hydrogen-bond acceptors (Lipinski definition) is 3. The van der Waals surface area contributed by atoms with E-state index in [-0.39, 0.29) is 0 Å². The molecule has 0 amide bonds. The van der Waals surface area contributed by atoms with Crippen molar-refractivity contribution < 1.29 is 4.42 Å². The predicted octanol–water partition coefficient (Wildman–Crippen LogP) is 13.6. The highest BCUT2D eigenvalue weighted by Crippen LogP contribution is 2.43. The first-order valence-corrected chi connectivity index (χ1v) is 19.3. The van der Waals surface area contributed by atoms with Crippen molar-refractivity contribution in [3.63, 3.8) is 0 Å². The predicted molar refractivity (Wildman–Crippen MR) is 234 cm³/mol. The van der Waals surface area contributed by atoms with Crippen LogP contribution in [0.15, 0.2) is 199 Å². The van der Waals surface area contributed by atoms with Crippen LogP contribution in [0, 0.1) is 0 Å². The molecule has 0 aliphatic heterocycles. The Balaban J connectivity index is 1.21. The van der Waals surface area contributed by atoms with E-state index in [0.29, 0.717) is 5.82 Å². The number of nitrogens with zero attached hydrogens (tertiary/aromatic N) is 4. The molecule has 4 aromatic heterocycles. The molecular weight excluding hydrogens is 697 g/mol. The molecule has 0 aliphatic carbocycles. The monoisotopic (exact) mass is 728 g/mol. The molecule has 0 N–H and O–H groups in total. The molecule has 0 saturated carbocycles. The highest BCUT2D eigenvalue weighted by atomic mass is 16.3. The lowest BCUT2D eigenvalue weighted by Gasteiger charge is -2.15. The summed E-state index contributed by atoms with van der Waals surface area (Å²) in [6, 6.07) is 68.4. The van der Waals surface area contributed by atoms with Crippen LogP contribution >= 0.6 is 0 Å². The Morgan fingerprint density at radius 2 is 0.965 bits per heavy atom. The maximum Gasteiger partial charge on any atom is 0.165 e. The quantitative estimate of drug-likeness (QED) is 0.177. The Morgan fingerprint density at radius 1 is 0.386 bits per heavy atom. The Hall–Kier alpha value is -7.76. The number of aromatic nitrogens is 4. The zero-order chi connectivity index (χ0) is 37.5. The van der Waals surface area contributed by atoms with Crippen LogP contribution in [0.3, 0.4) is 0 Å². The van der Waals surface area contributed by atoms with E-state index in [1.807, 2.05) is 18.2 Å². The van der Waals surface area contributed by atoms with Crippen molar-refractivity contribution in [1.82, 2.24) is 19.1 Å². The number of hydrogen-bond donors (Lipinski definition) is 0. The molecule has 0 atom stereocenters. The van der Waals surface area contributed by atoms with Gasteiger partial charge >= 0.3 is 0 Å². The summed E-state index contributed by atoms with van der Waals surface area (Å²) in [4.78, 5) is 10.8. The van der Waals surface area contributed by atoms with Crippen LogP contribution in [0.2, 0.25) is 0 Å². The molecule has 0 saturated heterocycles. The van der Waals surface area contributed by atoms with Gasteiger partial charge in [-0.05, 0) is 47.5 Å². The van der Waals surface area contributed by atoms with Crippen LogP contribution in [0.25, 0.3) is 111 Å². The van der Waals surface area contributed by atoms with E-state index in [2.05, 4.69) is 185 Å². The number of benzene rings is 8. The van der Waals surface area contributed by atoms with Crippen LogP contribution in [-0.4, -0.2) is 19.1 Å². The van der Waals surface area contributed by atoms with E-state index >= 15 is 0 Å². The largest absolute Gasteiger partial charge is 0.455 e. The normalized spacial score (nSPS) is 11.9. The van der Waals surface area contributed by atoms with Gasteiger partial charge in [-0.25, -0.2) is 9.97 Å². The van der Waals surface area contributed by atoms with E-state index in [4.69, 9.17) is 14.4 Å². The van der Waals surface area contributed by atoms with Gasteiger partial charge in [0.2, 0.25) is 0 Å². The number of fused-ring (bicyclic) bond motifs is 10. The molecule has 12 rings (SSSR count). The third-order valence-corrected chi connectivity index (χ3v) is 11.3. The summed E-state index contributed by atoms with van der Waals surface area (Å²) in [5.41, 5.74) is 12.2. The van der Waals surface area contributed by atoms with E-state index < -0.39 is 0 Å². The van der Waals surface area contributed by atoms with Gasteiger partial charge in [0.1, 0.15) is 17.0 Å². The van der Waals surface area contributed by atoms with Crippen molar-refractivity contribution in [3.8, 4) is 45.3 Å². The smallest absolute Gasteiger partial charge is 0.165 e. The van der Waals surface area contributed by atoms with Gasteiger partial charge in [-0.2, -0.15) is 0 Å². The van der Waals surface area contributed by atoms with Gasteiger partial charge in [-0.1, -0.05) is 152 Å². The summed E-state index contributed by atoms with van der Waals surface area (Å²) in [6.45, 7) is 0. The Morgan fingerprint density at radius 3 is 1.72 bits per heavy atom. The van der Waals surface area contributed by atoms with Gasteiger partial charge in [-0.15, -0.1) is 0 Å². The van der Waals surface area contributed by atoms with Gasteiger partial charge in [0.15, 0.2) is 5.82 Å². The van der Waals surface area contributed by atoms with Crippen LogP contribution < -0.4 is 0 Å². The van der Waals surface area contributed by atoms with Gasteiger partial charge < -0.3 is 8.98 Å². The Kier molecular flexibility index (Phi) is 6.86. The molecule has 0 radical (unpaired) electrons. The van der Waals surface area contributed by atoms with Crippen molar-refractivity contribution in [3.05, 3.63) is 194 Å². The molecule has 5 heteroatoms. The zero-order valence-corrected chi connectivity index (χ0v) is 30.7. The molecule has 266 valence electrons. The number of para-hydroxylation sites is 4. The lowest BCUT2D eigenvalue weighted by atomic mass is 10.1. The molecule has 8 aromatic carbocycles. The highest BCUT2D eigenvalue weighted by molar-refractivity contribution is 6.24. The van der Waals surface area contributed by atoms with E-state index in [9.17, 15) is 0 Å². The molecule has 0 spiro atoms. The molecule has 0 bridgehead atoms. The Labute approximate surface area is 327 Å². The fourth-order valence-electron chi connectivity index (χ4n) is 8.81. The van der Waals surface area contributed by atoms with Gasteiger partial charge in [0, 0.05) is 49.6 Å². The van der Waals surface area contributed by atoms with Crippen LogP contribution in [0.4, 0.5) is 0 Å². The van der Waals surface area contributed by atoms with Crippen molar-refractivity contribution in [1.29, 1.82) is 0 Å². The van der Waals surface area contributed by atoms with Crippen LogP contribution in [0.1, 0.15) is 0 Å². The summed E-state index contributed by atoms with van der Waals surface area (Å²) in [5, 5.41) is 6.80. The van der Waals surface area contributed by atoms with Gasteiger partial charge in [-0.3, -0.25) is 4.57 Å². The summed E-state index contributed by atoms with van der Waals surface area (Å²) in [5.74, 6) is 1.38. The molecule has 0 unspecified atom stereocenters. The molecule has 12 aromatic rings. The molecule has 0 aliphatic rings. The third kappa shape index (κ3) is 4.82. The van der Waals surface area contributed by atoms with Crippen molar-refractivity contribution in [2.24, 2.45) is 0 Å². The lowest BCUT2D eigenvalue weighted by Crippen LogP contribution is -2.04. The number of furan rings is 1. The fourth-order valence-corrected chi connectivity index (χ4v) is 8.81. The molecule has 0 fully saturated rings. The number of rotatable bonds is 5.